The first kappa shape index (κ1) is 12.6. The number of hydrogen-bond donors (Lipinski definition) is 0. The molecule has 0 atom stereocenters. The third-order valence-corrected chi connectivity index (χ3v) is 3.00. The van der Waals surface area contributed by atoms with Gasteiger partial charge in [0.05, 0.1) is 18.6 Å². The molecule has 0 bridgehead atoms. The lowest BCUT2D eigenvalue weighted by Gasteiger charge is -2.18. The van der Waals surface area contributed by atoms with Crippen LogP contribution in [0.25, 0.3) is 0 Å². The van der Waals surface area contributed by atoms with Gasteiger partial charge in [-0.15, -0.1) is 0 Å². The van der Waals surface area contributed by atoms with Crippen LogP contribution in [0.1, 0.15) is 30.5 Å². The molecule has 0 aliphatic carbocycles. The van der Waals surface area contributed by atoms with Crippen LogP contribution in [0, 0.1) is 30.6 Å². The summed E-state index contributed by atoms with van der Waals surface area (Å²) < 4.78 is 5.27. The molecule has 0 saturated carbocycles. The highest BCUT2D eigenvalue weighted by Crippen LogP contribution is 2.28. The van der Waals surface area contributed by atoms with E-state index in [1.165, 1.54) is 11.1 Å². The quantitative estimate of drug-likeness (QED) is 0.777. The van der Waals surface area contributed by atoms with Crippen molar-refractivity contribution in [3.63, 3.8) is 0 Å². The summed E-state index contributed by atoms with van der Waals surface area (Å²) in [6.45, 7) is 8.07. The van der Waals surface area contributed by atoms with Crippen molar-refractivity contribution in [1.82, 2.24) is 0 Å². The Hall–Kier alpha value is -1.49. The summed E-state index contributed by atoms with van der Waals surface area (Å²) in [4.78, 5) is 0. The van der Waals surface area contributed by atoms with Gasteiger partial charge in [-0.3, -0.25) is 0 Å². The van der Waals surface area contributed by atoms with Gasteiger partial charge >= 0.3 is 0 Å². The Morgan fingerprint density at radius 3 is 2.38 bits per heavy atom. The highest BCUT2D eigenvalue weighted by atomic mass is 16.5. The maximum absolute atomic E-state index is 9.04. The molecule has 0 aromatic heterocycles. The molecule has 1 aromatic carbocycles. The highest BCUT2D eigenvalue weighted by Gasteiger charge is 2.19. The Morgan fingerprint density at radius 1 is 1.25 bits per heavy atom. The lowest BCUT2D eigenvalue weighted by molar-refractivity contribution is 0.410. The van der Waals surface area contributed by atoms with Crippen LogP contribution in [0.15, 0.2) is 12.1 Å². The van der Waals surface area contributed by atoms with Crippen molar-refractivity contribution in [2.75, 3.05) is 7.11 Å². The average molecular weight is 217 g/mol. The van der Waals surface area contributed by atoms with E-state index < -0.39 is 0 Å². The van der Waals surface area contributed by atoms with Crippen molar-refractivity contribution in [2.24, 2.45) is 5.41 Å². The van der Waals surface area contributed by atoms with E-state index in [9.17, 15) is 0 Å². The normalized spacial score (nSPS) is 11.0. The average Bonchev–Trinajstić information content (AvgIpc) is 2.25. The summed E-state index contributed by atoms with van der Waals surface area (Å²) in [5.41, 5.74) is 3.30. The molecule has 0 aliphatic heterocycles. The van der Waals surface area contributed by atoms with E-state index in [2.05, 4.69) is 26.0 Å². The Balaban J connectivity index is 3.10. The fourth-order valence-electron chi connectivity index (χ4n) is 1.78. The Labute approximate surface area is 97.9 Å². The maximum Gasteiger partial charge on any atom is 0.122 e. The number of ether oxygens (including phenoxy) is 1. The first-order chi connectivity index (χ1) is 7.41. The summed E-state index contributed by atoms with van der Waals surface area (Å²) >= 11 is 0. The number of nitrogens with zero attached hydrogens (tertiary/aromatic N) is 1. The SMILES string of the molecule is COc1ccc(CC(C)(C)C#N)c(C)c1C. The topological polar surface area (TPSA) is 33.0 Å². The standard InChI is InChI=1S/C14H19NO/c1-10-11(2)13(16-5)7-6-12(10)8-14(3,4)9-15/h6-7H,8H2,1-5H3. The molecule has 0 spiro atoms. The van der Waals surface area contributed by atoms with Crippen LogP contribution in [0.3, 0.4) is 0 Å². The second-order valence-corrected chi connectivity index (χ2v) is 4.85. The second-order valence-electron chi connectivity index (χ2n) is 4.85. The first-order valence-electron chi connectivity index (χ1n) is 5.45. The molecule has 1 rings (SSSR count). The van der Waals surface area contributed by atoms with E-state index >= 15 is 0 Å². The number of benzene rings is 1. The number of nitriles is 1. The zero-order valence-corrected chi connectivity index (χ0v) is 10.7. The Kier molecular flexibility index (Phi) is 3.59. The zero-order valence-electron chi connectivity index (χ0n) is 10.7. The predicted octanol–water partition coefficient (Wildman–Crippen LogP) is 3.40. The van der Waals surface area contributed by atoms with E-state index in [-0.39, 0.29) is 5.41 Å². The third kappa shape index (κ3) is 2.55. The van der Waals surface area contributed by atoms with Crippen molar-refractivity contribution < 1.29 is 4.74 Å². The fraction of sp³-hybridized carbons (Fsp3) is 0.500. The van der Waals surface area contributed by atoms with Crippen molar-refractivity contribution in [3.8, 4) is 11.8 Å². The molecule has 0 heterocycles. The smallest absolute Gasteiger partial charge is 0.122 e. The molecule has 0 saturated heterocycles. The Bertz CT molecular complexity index is 427. The molecule has 2 nitrogen and oxygen atoms in total. The number of methoxy groups -OCH3 is 1. The summed E-state index contributed by atoms with van der Waals surface area (Å²) in [6.07, 6.45) is 0.778. The maximum atomic E-state index is 9.04. The third-order valence-electron chi connectivity index (χ3n) is 3.00. The van der Waals surface area contributed by atoms with Gasteiger partial charge in [0.25, 0.3) is 0 Å². The van der Waals surface area contributed by atoms with Crippen LogP contribution in [-0.2, 0) is 6.42 Å². The molecule has 0 unspecified atom stereocenters. The second kappa shape index (κ2) is 4.57. The van der Waals surface area contributed by atoms with Crippen molar-refractivity contribution >= 4 is 0 Å². The molecule has 86 valence electrons. The van der Waals surface area contributed by atoms with Crippen LogP contribution in [0.2, 0.25) is 0 Å². The Morgan fingerprint density at radius 2 is 1.88 bits per heavy atom. The van der Waals surface area contributed by atoms with Crippen LogP contribution < -0.4 is 4.74 Å². The minimum Gasteiger partial charge on any atom is -0.496 e. The molecule has 1 aromatic rings. The van der Waals surface area contributed by atoms with Crippen molar-refractivity contribution in [1.29, 1.82) is 5.26 Å². The largest absolute Gasteiger partial charge is 0.496 e. The monoisotopic (exact) mass is 217 g/mol. The van der Waals surface area contributed by atoms with E-state index in [0.717, 1.165) is 17.7 Å². The molecule has 0 N–H and O–H groups in total. The molecular weight excluding hydrogens is 198 g/mol. The van der Waals surface area contributed by atoms with E-state index in [1.807, 2.05) is 19.9 Å². The molecule has 16 heavy (non-hydrogen) atoms. The van der Waals surface area contributed by atoms with Gasteiger partial charge < -0.3 is 4.74 Å². The lowest BCUT2D eigenvalue weighted by Crippen LogP contribution is -2.13. The molecule has 0 radical (unpaired) electrons. The lowest BCUT2D eigenvalue weighted by atomic mass is 9.85. The molecule has 0 fully saturated rings. The van der Waals surface area contributed by atoms with Gasteiger partial charge in [0.2, 0.25) is 0 Å². The van der Waals surface area contributed by atoms with Gasteiger partial charge in [0.15, 0.2) is 0 Å². The summed E-state index contributed by atoms with van der Waals surface area (Å²) in [7, 11) is 1.68. The predicted molar refractivity (Wildman–Crippen MR) is 65.6 cm³/mol. The summed E-state index contributed by atoms with van der Waals surface area (Å²) in [5, 5.41) is 9.04. The first-order valence-corrected chi connectivity index (χ1v) is 5.45. The molecule has 0 amide bonds. The zero-order chi connectivity index (χ0) is 12.3. The molecule has 2 heteroatoms. The van der Waals surface area contributed by atoms with Crippen LogP contribution in [-0.4, -0.2) is 7.11 Å². The van der Waals surface area contributed by atoms with E-state index in [0.29, 0.717) is 0 Å². The summed E-state index contributed by atoms with van der Waals surface area (Å²) in [6, 6.07) is 6.37. The summed E-state index contributed by atoms with van der Waals surface area (Å²) in [5.74, 6) is 0.913. The van der Waals surface area contributed by atoms with E-state index in [1.54, 1.807) is 7.11 Å². The van der Waals surface area contributed by atoms with Gasteiger partial charge in [-0.2, -0.15) is 5.26 Å². The van der Waals surface area contributed by atoms with Gasteiger partial charge in [-0.1, -0.05) is 6.07 Å². The van der Waals surface area contributed by atoms with Gasteiger partial charge in [-0.25, -0.2) is 0 Å². The van der Waals surface area contributed by atoms with Gasteiger partial charge in [0, 0.05) is 0 Å². The number of rotatable bonds is 3. The van der Waals surface area contributed by atoms with Crippen molar-refractivity contribution in [2.45, 2.75) is 34.1 Å². The fourth-order valence-corrected chi connectivity index (χ4v) is 1.78. The van der Waals surface area contributed by atoms with Gasteiger partial charge in [0.1, 0.15) is 5.75 Å². The van der Waals surface area contributed by atoms with E-state index in [4.69, 9.17) is 10.00 Å². The molecular formula is C14H19NO. The van der Waals surface area contributed by atoms with Gasteiger partial charge in [-0.05, 0) is 56.9 Å². The highest BCUT2D eigenvalue weighted by molar-refractivity contribution is 5.44. The van der Waals surface area contributed by atoms with Crippen LogP contribution in [0.5, 0.6) is 5.75 Å². The molecule has 0 aliphatic rings. The van der Waals surface area contributed by atoms with Crippen LogP contribution >= 0.6 is 0 Å². The van der Waals surface area contributed by atoms with Crippen molar-refractivity contribution in [3.05, 3.63) is 28.8 Å². The minimum atomic E-state index is -0.314. The minimum absolute atomic E-state index is 0.314. The van der Waals surface area contributed by atoms with Crippen LogP contribution in [0.4, 0.5) is 0 Å². The number of hydrogen-bond acceptors (Lipinski definition) is 2.